The van der Waals surface area contributed by atoms with Gasteiger partial charge in [-0.1, -0.05) is 13.8 Å². The van der Waals surface area contributed by atoms with E-state index in [1.165, 1.54) is 6.07 Å². The number of nitrogens with zero attached hydrogens (tertiary/aromatic N) is 1. The molecule has 0 aliphatic carbocycles. The summed E-state index contributed by atoms with van der Waals surface area (Å²) < 4.78 is 19.5. The smallest absolute Gasteiger partial charge is 0.303 e. The lowest BCUT2D eigenvalue weighted by Gasteiger charge is -2.29. The summed E-state index contributed by atoms with van der Waals surface area (Å²) in [6.07, 6.45) is -0.0586. The lowest BCUT2D eigenvalue weighted by molar-refractivity contribution is -0.139. The zero-order valence-electron chi connectivity index (χ0n) is 14.0. The lowest BCUT2D eigenvalue weighted by Crippen LogP contribution is -2.36. The van der Waals surface area contributed by atoms with Crippen molar-refractivity contribution in [3.63, 3.8) is 0 Å². The van der Waals surface area contributed by atoms with Crippen molar-refractivity contribution in [1.29, 1.82) is 0 Å². The van der Waals surface area contributed by atoms with Crippen molar-refractivity contribution in [3.05, 3.63) is 24.0 Å². The number of anilines is 2. The van der Waals surface area contributed by atoms with Crippen LogP contribution in [0.4, 0.5) is 15.8 Å². The highest BCUT2D eigenvalue weighted by molar-refractivity contribution is 5.91. The summed E-state index contributed by atoms with van der Waals surface area (Å²) in [4.78, 5) is 24.7. The molecular formula is C17H23FN2O4. The molecule has 0 atom stereocenters. The Kier molecular flexibility index (Phi) is 5.77. The normalized spacial score (nSPS) is 15.2. The first-order valence-corrected chi connectivity index (χ1v) is 7.91. The Morgan fingerprint density at radius 3 is 2.54 bits per heavy atom. The first-order valence-electron chi connectivity index (χ1n) is 7.91. The Bertz CT molecular complexity index is 613. The minimum atomic E-state index is -0.950. The molecule has 0 saturated carbocycles. The summed E-state index contributed by atoms with van der Waals surface area (Å²) >= 11 is 0. The predicted molar refractivity (Wildman–Crippen MR) is 88.7 cm³/mol. The molecular weight excluding hydrogens is 315 g/mol. The molecule has 1 saturated heterocycles. The van der Waals surface area contributed by atoms with Crippen molar-refractivity contribution < 1.29 is 23.8 Å². The number of carbonyl (C=O) groups is 2. The average Bonchev–Trinajstić information content (AvgIpc) is 2.46. The van der Waals surface area contributed by atoms with Crippen LogP contribution in [0.15, 0.2) is 18.2 Å². The summed E-state index contributed by atoms with van der Waals surface area (Å²) in [5.74, 6) is -1.69. The second-order valence-electron chi connectivity index (χ2n) is 6.73. The third-order valence-electron chi connectivity index (χ3n) is 3.85. The molecule has 1 aromatic carbocycles. The number of ether oxygens (including phenoxy) is 1. The molecule has 1 amide bonds. The van der Waals surface area contributed by atoms with Crippen molar-refractivity contribution in [1.82, 2.24) is 0 Å². The van der Waals surface area contributed by atoms with E-state index >= 15 is 0 Å². The fourth-order valence-corrected chi connectivity index (χ4v) is 2.76. The van der Waals surface area contributed by atoms with Gasteiger partial charge in [-0.15, -0.1) is 0 Å². The monoisotopic (exact) mass is 338 g/mol. The maximum Gasteiger partial charge on any atom is 0.303 e. The van der Waals surface area contributed by atoms with Crippen molar-refractivity contribution in [2.75, 3.05) is 36.5 Å². The molecule has 1 heterocycles. The van der Waals surface area contributed by atoms with Crippen LogP contribution in [-0.4, -0.2) is 43.3 Å². The number of nitrogens with one attached hydrogen (secondary N) is 1. The van der Waals surface area contributed by atoms with E-state index in [0.29, 0.717) is 37.7 Å². The lowest BCUT2D eigenvalue weighted by atomic mass is 9.85. The van der Waals surface area contributed by atoms with Crippen LogP contribution >= 0.6 is 0 Å². The number of benzene rings is 1. The minimum absolute atomic E-state index is 0.0478. The maximum atomic E-state index is 14.3. The molecule has 0 unspecified atom stereocenters. The number of hydrogen-bond acceptors (Lipinski definition) is 4. The number of amides is 1. The van der Waals surface area contributed by atoms with Gasteiger partial charge in [0.25, 0.3) is 0 Å². The molecule has 6 nitrogen and oxygen atoms in total. The Morgan fingerprint density at radius 1 is 1.29 bits per heavy atom. The fourth-order valence-electron chi connectivity index (χ4n) is 2.76. The van der Waals surface area contributed by atoms with Crippen LogP contribution in [-0.2, 0) is 14.3 Å². The van der Waals surface area contributed by atoms with Crippen LogP contribution in [0, 0.1) is 11.2 Å². The van der Waals surface area contributed by atoms with Gasteiger partial charge in [-0.25, -0.2) is 4.39 Å². The number of carbonyl (C=O) groups excluding carboxylic acids is 1. The van der Waals surface area contributed by atoms with E-state index in [9.17, 15) is 14.0 Å². The van der Waals surface area contributed by atoms with Crippen LogP contribution in [0.25, 0.3) is 0 Å². The van der Waals surface area contributed by atoms with E-state index in [1.807, 2.05) is 4.90 Å². The van der Waals surface area contributed by atoms with Gasteiger partial charge >= 0.3 is 5.97 Å². The standard InChI is InChI=1S/C17H23FN2O4/c1-17(2,11-16(22)23)10-15(21)19-12-3-4-14(13(18)9-12)20-5-7-24-8-6-20/h3-4,9H,5-8,10-11H2,1-2H3,(H,19,21)(H,22,23). The van der Waals surface area contributed by atoms with Crippen molar-refractivity contribution in [2.45, 2.75) is 26.7 Å². The molecule has 1 fully saturated rings. The second kappa shape index (κ2) is 7.61. The van der Waals surface area contributed by atoms with Gasteiger partial charge in [-0.05, 0) is 23.6 Å². The van der Waals surface area contributed by atoms with E-state index < -0.39 is 17.2 Å². The molecule has 132 valence electrons. The Morgan fingerprint density at radius 2 is 1.96 bits per heavy atom. The number of halogens is 1. The zero-order valence-corrected chi connectivity index (χ0v) is 14.0. The fraction of sp³-hybridized carbons (Fsp3) is 0.529. The number of morpholine rings is 1. The van der Waals surface area contributed by atoms with E-state index in [0.717, 1.165) is 0 Å². The molecule has 0 bridgehead atoms. The predicted octanol–water partition coefficient (Wildman–Crippen LogP) is 2.49. The van der Waals surface area contributed by atoms with Crippen LogP contribution < -0.4 is 10.2 Å². The molecule has 0 spiro atoms. The van der Waals surface area contributed by atoms with E-state index in [4.69, 9.17) is 9.84 Å². The van der Waals surface area contributed by atoms with Gasteiger partial charge in [-0.2, -0.15) is 0 Å². The first-order chi connectivity index (χ1) is 11.3. The summed E-state index contributed by atoms with van der Waals surface area (Å²) in [7, 11) is 0. The summed E-state index contributed by atoms with van der Waals surface area (Å²) in [6.45, 7) is 5.82. The number of hydrogen-bond donors (Lipinski definition) is 2. The van der Waals surface area contributed by atoms with Gasteiger partial charge in [0.05, 0.1) is 25.3 Å². The highest BCUT2D eigenvalue weighted by Gasteiger charge is 2.25. The number of rotatable bonds is 6. The molecule has 2 N–H and O–H groups in total. The Labute approximate surface area is 140 Å². The molecule has 1 aliphatic heterocycles. The minimum Gasteiger partial charge on any atom is -0.481 e. The SMILES string of the molecule is CC(C)(CC(=O)O)CC(=O)Nc1ccc(N2CCOCC2)c(F)c1. The summed E-state index contributed by atoms with van der Waals surface area (Å²) in [6, 6.07) is 4.57. The highest BCUT2D eigenvalue weighted by Crippen LogP contribution is 2.27. The van der Waals surface area contributed by atoms with Gasteiger partial charge in [0.2, 0.25) is 5.91 Å². The summed E-state index contributed by atoms with van der Waals surface area (Å²) in [5, 5.41) is 11.5. The molecule has 1 aliphatic rings. The molecule has 7 heteroatoms. The van der Waals surface area contributed by atoms with Gasteiger partial charge in [0.1, 0.15) is 5.82 Å². The van der Waals surface area contributed by atoms with Crippen LogP contribution in [0.1, 0.15) is 26.7 Å². The molecule has 0 radical (unpaired) electrons. The topological polar surface area (TPSA) is 78.9 Å². The quantitative estimate of drug-likeness (QED) is 0.833. The zero-order chi connectivity index (χ0) is 17.7. The van der Waals surface area contributed by atoms with Crippen molar-refractivity contribution in [3.8, 4) is 0 Å². The molecule has 2 rings (SSSR count). The first kappa shape index (κ1) is 18.2. The number of carboxylic acid groups (broad SMARTS) is 1. The number of aliphatic carboxylic acids is 1. The van der Waals surface area contributed by atoms with Gasteiger partial charge < -0.3 is 20.1 Å². The van der Waals surface area contributed by atoms with E-state index in [2.05, 4.69) is 5.32 Å². The van der Waals surface area contributed by atoms with Gasteiger partial charge in [-0.3, -0.25) is 9.59 Å². The highest BCUT2D eigenvalue weighted by atomic mass is 19.1. The van der Waals surface area contributed by atoms with Crippen molar-refractivity contribution in [2.24, 2.45) is 5.41 Å². The van der Waals surface area contributed by atoms with Gasteiger partial charge in [0, 0.05) is 25.2 Å². The van der Waals surface area contributed by atoms with Crippen LogP contribution in [0.2, 0.25) is 0 Å². The number of carboxylic acids is 1. The molecule has 24 heavy (non-hydrogen) atoms. The third-order valence-corrected chi connectivity index (χ3v) is 3.85. The third kappa shape index (κ3) is 5.19. The van der Waals surface area contributed by atoms with E-state index in [1.54, 1.807) is 26.0 Å². The Hall–Kier alpha value is -2.15. The van der Waals surface area contributed by atoms with Gasteiger partial charge in [0.15, 0.2) is 0 Å². The second-order valence-corrected chi connectivity index (χ2v) is 6.73. The Balaban J connectivity index is 1.98. The molecule has 0 aromatic heterocycles. The largest absolute Gasteiger partial charge is 0.481 e. The summed E-state index contributed by atoms with van der Waals surface area (Å²) in [5.41, 5.74) is 0.186. The maximum absolute atomic E-state index is 14.3. The molecule has 1 aromatic rings. The average molecular weight is 338 g/mol. The van der Waals surface area contributed by atoms with E-state index in [-0.39, 0.29) is 18.7 Å². The van der Waals surface area contributed by atoms with Crippen molar-refractivity contribution >= 4 is 23.3 Å². The van der Waals surface area contributed by atoms with Crippen LogP contribution in [0.3, 0.4) is 0 Å². The van der Waals surface area contributed by atoms with Crippen LogP contribution in [0.5, 0.6) is 0 Å².